The van der Waals surface area contributed by atoms with E-state index >= 15 is 0 Å². The van der Waals surface area contributed by atoms with Crippen LogP contribution in [0.1, 0.15) is 23.1 Å². The molecule has 1 aromatic rings. The van der Waals surface area contributed by atoms with Crippen LogP contribution in [0.15, 0.2) is 12.1 Å². The molecule has 0 amide bonds. The Labute approximate surface area is 94.6 Å². The maximum atomic E-state index is 12.8. The van der Waals surface area contributed by atoms with Crippen LogP contribution in [0.5, 0.6) is 5.75 Å². The lowest BCUT2D eigenvalue weighted by atomic mass is 10.0. The standard InChI is InChI=1S/C12H17F2NO/c1-8-6-9(4-5-15-2)11(16-3)10(7-8)12(13)14/h6-7,12,15H,4-5H2,1-3H3. The van der Waals surface area contributed by atoms with Crippen molar-refractivity contribution in [2.45, 2.75) is 19.8 Å². The highest BCUT2D eigenvalue weighted by Gasteiger charge is 2.17. The van der Waals surface area contributed by atoms with Crippen LogP contribution < -0.4 is 10.1 Å². The lowest BCUT2D eigenvalue weighted by molar-refractivity contribution is 0.146. The van der Waals surface area contributed by atoms with E-state index in [1.807, 2.05) is 20.0 Å². The molecule has 0 unspecified atom stereocenters. The molecular formula is C12H17F2NO. The van der Waals surface area contributed by atoms with E-state index in [-0.39, 0.29) is 5.56 Å². The molecule has 0 radical (unpaired) electrons. The van der Waals surface area contributed by atoms with Crippen molar-refractivity contribution in [1.82, 2.24) is 5.32 Å². The highest BCUT2D eigenvalue weighted by atomic mass is 19.3. The summed E-state index contributed by atoms with van der Waals surface area (Å²) in [5, 5.41) is 2.99. The van der Waals surface area contributed by atoms with Crippen molar-refractivity contribution in [3.63, 3.8) is 0 Å². The van der Waals surface area contributed by atoms with E-state index in [0.29, 0.717) is 12.2 Å². The van der Waals surface area contributed by atoms with Gasteiger partial charge in [-0.25, -0.2) is 8.78 Å². The SMILES string of the molecule is CNCCc1cc(C)cc(C(F)F)c1OC. The first-order valence-corrected chi connectivity index (χ1v) is 5.20. The summed E-state index contributed by atoms with van der Waals surface area (Å²) in [4.78, 5) is 0. The van der Waals surface area contributed by atoms with Gasteiger partial charge in [0.1, 0.15) is 5.75 Å². The second-order valence-electron chi connectivity index (χ2n) is 3.70. The van der Waals surface area contributed by atoms with Crippen molar-refractivity contribution < 1.29 is 13.5 Å². The Kier molecular flexibility index (Phi) is 4.68. The molecule has 0 saturated carbocycles. The molecule has 1 rings (SSSR count). The summed E-state index contributed by atoms with van der Waals surface area (Å²) in [6.45, 7) is 2.55. The van der Waals surface area contributed by atoms with E-state index in [9.17, 15) is 8.78 Å². The van der Waals surface area contributed by atoms with Crippen molar-refractivity contribution in [2.75, 3.05) is 20.7 Å². The first-order chi connectivity index (χ1) is 7.60. The fourth-order valence-electron chi connectivity index (χ4n) is 1.73. The maximum absolute atomic E-state index is 12.8. The number of benzene rings is 1. The predicted molar refractivity (Wildman–Crippen MR) is 60.3 cm³/mol. The van der Waals surface area contributed by atoms with Crippen LogP contribution in [0.4, 0.5) is 8.78 Å². The Morgan fingerprint density at radius 1 is 1.38 bits per heavy atom. The highest BCUT2D eigenvalue weighted by molar-refractivity contribution is 5.45. The molecule has 0 aliphatic rings. The van der Waals surface area contributed by atoms with Gasteiger partial charge in [-0.3, -0.25) is 0 Å². The summed E-state index contributed by atoms with van der Waals surface area (Å²) in [6, 6.07) is 3.37. The Morgan fingerprint density at radius 2 is 2.06 bits per heavy atom. The number of halogens is 2. The molecule has 0 heterocycles. The minimum Gasteiger partial charge on any atom is -0.496 e. The van der Waals surface area contributed by atoms with E-state index < -0.39 is 6.43 Å². The first-order valence-electron chi connectivity index (χ1n) is 5.20. The third-order valence-electron chi connectivity index (χ3n) is 2.42. The van der Waals surface area contributed by atoms with Crippen LogP contribution >= 0.6 is 0 Å². The number of nitrogens with one attached hydrogen (secondary N) is 1. The number of hydrogen-bond acceptors (Lipinski definition) is 2. The van der Waals surface area contributed by atoms with Crippen LogP contribution in [-0.2, 0) is 6.42 Å². The van der Waals surface area contributed by atoms with Gasteiger partial charge in [-0.2, -0.15) is 0 Å². The van der Waals surface area contributed by atoms with Crippen LogP contribution in [-0.4, -0.2) is 20.7 Å². The summed E-state index contributed by atoms with van der Waals surface area (Å²) in [6.07, 6.45) is -1.82. The van der Waals surface area contributed by atoms with Gasteiger partial charge in [-0.1, -0.05) is 11.6 Å². The minimum absolute atomic E-state index is 0.0198. The molecule has 0 aromatic heterocycles. The lowest BCUT2D eigenvalue weighted by Crippen LogP contribution is -2.11. The fourth-order valence-corrected chi connectivity index (χ4v) is 1.73. The molecule has 0 spiro atoms. The molecular weight excluding hydrogens is 212 g/mol. The van der Waals surface area contributed by atoms with Gasteiger partial charge in [0.05, 0.1) is 12.7 Å². The summed E-state index contributed by atoms with van der Waals surface area (Å²) in [5.74, 6) is 0.316. The zero-order valence-electron chi connectivity index (χ0n) is 9.81. The van der Waals surface area contributed by atoms with Crippen LogP contribution in [0, 0.1) is 6.92 Å². The number of rotatable bonds is 5. The zero-order valence-corrected chi connectivity index (χ0v) is 9.81. The number of aryl methyl sites for hydroxylation is 1. The van der Waals surface area contributed by atoms with Gasteiger partial charge < -0.3 is 10.1 Å². The second-order valence-corrected chi connectivity index (χ2v) is 3.70. The van der Waals surface area contributed by atoms with E-state index in [2.05, 4.69) is 5.32 Å². The molecule has 1 N–H and O–H groups in total. The first kappa shape index (κ1) is 12.9. The normalized spacial score (nSPS) is 10.9. The van der Waals surface area contributed by atoms with Gasteiger partial charge in [-0.05, 0) is 38.6 Å². The molecule has 0 saturated heterocycles. The van der Waals surface area contributed by atoms with Gasteiger partial charge in [-0.15, -0.1) is 0 Å². The van der Waals surface area contributed by atoms with Crippen molar-refractivity contribution in [1.29, 1.82) is 0 Å². The van der Waals surface area contributed by atoms with Crippen molar-refractivity contribution >= 4 is 0 Å². The maximum Gasteiger partial charge on any atom is 0.267 e. The largest absolute Gasteiger partial charge is 0.496 e. The van der Waals surface area contributed by atoms with E-state index in [4.69, 9.17) is 4.74 Å². The van der Waals surface area contributed by atoms with Gasteiger partial charge in [0.15, 0.2) is 0 Å². The summed E-state index contributed by atoms with van der Waals surface area (Å²) < 4.78 is 30.7. The van der Waals surface area contributed by atoms with Gasteiger partial charge in [0.2, 0.25) is 0 Å². The minimum atomic E-state index is -2.50. The smallest absolute Gasteiger partial charge is 0.267 e. The van der Waals surface area contributed by atoms with Crippen LogP contribution in [0.3, 0.4) is 0 Å². The van der Waals surface area contributed by atoms with Crippen molar-refractivity contribution in [2.24, 2.45) is 0 Å². The van der Waals surface area contributed by atoms with E-state index in [1.165, 1.54) is 13.2 Å². The third-order valence-corrected chi connectivity index (χ3v) is 2.42. The molecule has 0 aliphatic heterocycles. The predicted octanol–water partition coefficient (Wildman–Crippen LogP) is 2.70. The second kappa shape index (κ2) is 5.80. The third kappa shape index (κ3) is 2.92. The molecule has 2 nitrogen and oxygen atoms in total. The van der Waals surface area contributed by atoms with Crippen LogP contribution in [0.25, 0.3) is 0 Å². The number of hydrogen-bond donors (Lipinski definition) is 1. The van der Waals surface area contributed by atoms with E-state index in [0.717, 1.165) is 17.7 Å². The molecule has 0 aliphatic carbocycles. The average Bonchev–Trinajstić information content (AvgIpc) is 2.25. The molecule has 90 valence electrons. The zero-order chi connectivity index (χ0) is 12.1. The highest BCUT2D eigenvalue weighted by Crippen LogP contribution is 2.33. The van der Waals surface area contributed by atoms with Crippen LogP contribution in [0.2, 0.25) is 0 Å². The Bertz CT molecular complexity index is 353. The molecule has 0 atom stereocenters. The Balaban J connectivity index is 3.14. The van der Waals surface area contributed by atoms with Gasteiger partial charge >= 0.3 is 0 Å². The van der Waals surface area contributed by atoms with Gasteiger partial charge in [0.25, 0.3) is 6.43 Å². The number of likely N-dealkylation sites (N-methyl/N-ethyl adjacent to an activating group) is 1. The van der Waals surface area contributed by atoms with Gasteiger partial charge in [0, 0.05) is 0 Å². The van der Waals surface area contributed by atoms with E-state index in [1.54, 1.807) is 0 Å². The summed E-state index contributed by atoms with van der Waals surface area (Å²) >= 11 is 0. The summed E-state index contributed by atoms with van der Waals surface area (Å²) in [7, 11) is 3.26. The van der Waals surface area contributed by atoms with Crippen molar-refractivity contribution in [3.05, 3.63) is 28.8 Å². The number of methoxy groups -OCH3 is 1. The number of alkyl halides is 2. The topological polar surface area (TPSA) is 21.3 Å². The summed E-state index contributed by atoms with van der Waals surface area (Å²) in [5.41, 5.74) is 1.64. The quantitative estimate of drug-likeness (QED) is 0.838. The Morgan fingerprint density at radius 3 is 2.56 bits per heavy atom. The molecule has 16 heavy (non-hydrogen) atoms. The fraction of sp³-hybridized carbons (Fsp3) is 0.500. The molecule has 0 bridgehead atoms. The average molecular weight is 229 g/mol. The van der Waals surface area contributed by atoms with Crippen molar-refractivity contribution in [3.8, 4) is 5.75 Å². The molecule has 4 heteroatoms. The monoisotopic (exact) mass is 229 g/mol. The Hall–Kier alpha value is -1.16. The molecule has 1 aromatic carbocycles. The molecule has 0 fully saturated rings. The lowest BCUT2D eigenvalue weighted by Gasteiger charge is -2.14. The number of ether oxygens (including phenoxy) is 1.